The summed E-state index contributed by atoms with van der Waals surface area (Å²) in [5.41, 5.74) is 2.39. The Kier molecular flexibility index (Phi) is 2.57. The van der Waals surface area contributed by atoms with E-state index in [1.54, 1.807) is 19.1 Å². The summed E-state index contributed by atoms with van der Waals surface area (Å²) in [5.74, 6) is -0.901. The molecule has 0 unspecified atom stereocenters. The van der Waals surface area contributed by atoms with Gasteiger partial charge in [0.25, 0.3) is 0 Å². The van der Waals surface area contributed by atoms with Crippen LogP contribution in [-0.2, 0) is 5.41 Å². The molecule has 1 aliphatic carbocycles. The minimum absolute atomic E-state index is 0.0506. The van der Waals surface area contributed by atoms with Gasteiger partial charge in [-0.3, -0.25) is 4.79 Å². The van der Waals surface area contributed by atoms with Crippen LogP contribution < -0.4 is 0 Å². The lowest BCUT2D eigenvalue weighted by atomic mass is 9.70. The number of carboxylic acids is 1. The van der Waals surface area contributed by atoms with E-state index in [4.69, 9.17) is 5.11 Å². The van der Waals surface area contributed by atoms with Crippen LogP contribution >= 0.6 is 0 Å². The number of benzene rings is 1. The van der Waals surface area contributed by atoms with Crippen LogP contribution in [0.5, 0.6) is 0 Å². The molecule has 0 spiro atoms. The number of ketones is 1. The van der Waals surface area contributed by atoms with Crippen molar-refractivity contribution in [1.29, 1.82) is 0 Å². The van der Waals surface area contributed by atoms with Crippen LogP contribution in [0.3, 0.4) is 0 Å². The molecule has 2 rings (SSSR count). The van der Waals surface area contributed by atoms with Crippen molar-refractivity contribution in [2.24, 2.45) is 0 Å². The molecular weight excluding hydrogens is 216 g/mol. The molecule has 0 amide bonds. The molecule has 1 aliphatic rings. The van der Waals surface area contributed by atoms with Gasteiger partial charge >= 0.3 is 5.97 Å². The molecule has 0 aromatic heterocycles. The Bertz CT molecular complexity index is 512. The first-order chi connectivity index (χ1) is 7.84. The lowest BCUT2D eigenvalue weighted by molar-refractivity contribution is 0.0696. The van der Waals surface area contributed by atoms with E-state index in [0.717, 1.165) is 12.0 Å². The third-order valence-electron chi connectivity index (χ3n) is 3.68. The first-order valence-corrected chi connectivity index (χ1v) is 5.75. The number of Topliss-reactive ketones (excluding diaryl/α,β-unsaturated/α-hetero) is 1. The summed E-state index contributed by atoms with van der Waals surface area (Å²) < 4.78 is 0. The van der Waals surface area contributed by atoms with Gasteiger partial charge in [-0.1, -0.05) is 19.9 Å². The van der Waals surface area contributed by atoms with Crippen LogP contribution in [0, 0.1) is 6.92 Å². The molecule has 3 heteroatoms. The Balaban J connectivity index is 2.73. The number of hydrogen-bond acceptors (Lipinski definition) is 2. The number of carboxylic acid groups (broad SMARTS) is 1. The summed E-state index contributed by atoms with van der Waals surface area (Å²) in [5, 5.41) is 9.07. The number of carbonyl (C=O) groups excluding carboxylic acids is 1. The van der Waals surface area contributed by atoms with E-state index >= 15 is 0 Å². The number of hydrogen-bond donors (Lipinski definition) is 1. The van der Waals surface area contributed by atoms with Crippen LogP contribution in [0.4, 0.5) is 0 Å². The van der Waals surface area contributed by atoms with Crippen LogP contribution in [0.15, 0.2) is 12.1 Å². The Morgan fingerprint density at radius 1 is 1.35 bits per heavy atom. The van der Waals surface area contributed by atoms with Crippen LogP contribution in [0.25, 0.3) is 0 Å². The topological polar surface area (TPSA) is 54.4 Å². The first-order valence-electron chi connectivity index (χ1n) is 5.75. The second kappa shape index (κ2) is 3.69. The zero-order valence-electron chi connectivity index (χ0n) is 10.3. The molecule has 0 aliphatic heterocycles. The van der Waals surface area contributed by atoms with Crippen LogP contribution in [0.1, 0.15) is 58.5 Å². The van der Waals surface area contributed by atoms with Gasteiger partial charge in [-0.05, 0) is 36.0 Å². The Labute approximate surface area is 100 Å². The Hall–Kier alpha value is -1.64. The highest BCUT2D eigenvalue weighted by atomic mass is 16.4. The van der Waals surface area contributed by atoms with E-state index in [9.17, 15) is 9.59 Å². The molecule has 0 bridgehead atoms. The van der Waals surface area contributed by atoms with Gasteiger partial charge in [-0.15, -0.1) is 0 Å². The fraction of sp³-hybridized carbons (Fsp3) is 0.429. The molecule has 3 nitrogen and oxygen atoms in total. The second-order valence-corrected chi connectivity index (χ2v) is 5.27. The molecule has 17 heavy (non-hydrogen) atoms. The van der Waals surface area contributed by atoms with Gasteiger partial charge in [0.1, 0.15) is 0 Å². The van der Waals surface area contributed by atoms with E-state index in [2.05, 4.69) is 13.8 Å². The van der Waals surface area contributed by atoms with Gasteiger partial charge < -0.3 is 5.11 Å². The summed E-state index contributed by atoms with van der Waals surface area (Å²) >= 11 is 0. The van der Waals surface area contributed by atoms with Crippen molar-refractivity contribution < 1.29 is 14.7 Å². The Morgan fingerprint density at radius 2 is 2.00 bits per heavy atom. The van der Waals surface area contributed by atoms with E-state index < -0.39 is 5.97 Å². The average Bonchev–Trinajstić information content (AvgIpc) is 2.23. The summed E-state index contributed by atoms with van der Waals surface area (Å²) in [7, 11) is 0. The van der Waals surface area contributed by atoms with Gasteiger partial charge in [0, 0.05) is 12.0 Å². The SMILES string of the molecule is Cc1c(C(=O)O)ccc2c1C(=O)CCC2(C)C. The maximum Gasteiger partial charge on any atom is 0.335 e. The number of fused-ring (bicyclic) bond motifs is 1. The van der Waals surface area contributed by atoms with Gasteiger partial charge in [0.15, 0.2) is 5.78 Å². The van der Waals surface area contributed by atoms with E-state index in [1.165, 1.54) is 0 Å². The fourth-order valence-electron chi connectivity index (χ4n) is 2.55. The summed E-state index contributed by atoms with van der Waals surface area (Å²) in [6.07, 6.45) is 1.33. The van der Waals surface area contributed by atoms with Crippen molar-refractivity contribution in [2.45, 2.75) is 39.0 Å². The largest absolute Gasteiger partial charge is 0.478 e. The quantitative estimate of drug-likeness (QED) is 0.809. The van der Waals surface area contributed by atoms with E-state index in [1.807, 2.05) is 0 Å². The summed E-state index contributed by atoms with van der Waals surface area (Å²) in [6.45, 7) is 5.91. The fourth-order valence-corrected chi connectivity index (χ4v) is 2.55. The molecule has 1 N–H and O–H groups in total. The van der Waals surface area contributed by atoms with Gasteiger partial charge in [-0.2, -0.15) is 0 Å². The molecule has 0 heterocycles. The first kappa shape index (κ1) is 11.8. The number of rotatable bonds is 1. The highest BCUT2D eigenvalue weighted by Crippen LogP contribution is 2.38. The summed E-state index contributed by atoms with van der Waals surface area (Å²) in [4.78, 5) is 23.0. The molecule has 0 atom stereocenters. The van der Waals surface area contributed by atoms with Crippen LogP contribution in [-0.4, -0.2) is 16.9 Å². The minimum atomic E-state index is -0.971. The van der Waals surface area contributed by atoms with Gasteiger partial charge in [0.2, 0.25) is 0 Å². The van der Waals surface area contributed by atoms with Crippen molar-refractivity contribution in [2.75, 3.05) is 0 Å². The monoisotopic (exact) mass is 232 g/mol. The van der Waals surface area contributed by atoms with Crippen molar-refractivity contribution in [3.05, 3.63) is 34.4 Å². The zero-order chi connectivity index (χ0) is 12.8. The third-order valence-corrected chi connectivity index (χ3v) is 3.68. The molecule has 0 radical (unpaired) electrons. The van der Waals surface area contributed by atoms with Crippen molar-refractivity contribution in [1.82, 2.24) is 0 Å². The van der Waals surface area contributed by atoms with Gasteiger partial charge in [-0.25, -0.2) is 4.79 Å². The maximum absolute atomic E-state index is 12.0. The van der Waals surface area contributed by atoms with Crippen molar-refractivity contribution in [3.8, 4) is 0 Å². The standard InChI is InChI=1S/C14H16O3/c1-8-9(13(16)17)4-5-10-12(8)11(15)6-7-14(10,2)3/h4-5H,6-7H2,1-3H3,(H,16,17). The van der Waals surface area contributed by atoms with Crippen LogP contribution in [0.2, 0.25) is 0 Å². The zero-order valence-corrected chi connectivity index (χ0v) is 10.3. The lowest BCUT2D eigenvalue weighted by Gasteiger charge is -2.32. The van der Waals surface area contributed by atoms with Crippen molar-refractivity contribution >= 4 is 11.8 Å². The molecule has 0 fully saturated rings. The average molecular weight is 232 g/mol. The molecule has 1 aromatic rings. The normalized spacial score (nSPS) is 17.7. The van der Waals surface area contributed by atoms with Crippen molar-refractivity contribution in [3.63, 3.8) is 0 Å². The Morgan fingerprint density at radius 3 is 2.59 bits per heavy atom. The molecular formula is C14H16O3. The predicted molar refractivity (Wildman–Crippen MR) is 64.7 cm³/mol. The number of carbonyl (C=O) groups is 2. The lowest BCUT2D eigenvalue weighted by Crippen LogP contribution is -2.28. The van der Waals surface area contributed by atoms with E-state index in [-0.39, 0.29) is 16.8 Å². The minimum Gasteiger partial charge on any atom is -0.478 e. The highest BCUT2D eigenvalue weighted by Gasteiger charge is 2.33. The highest BCUT2D eigenvalue weighted by molar-refractivity contribution is 6.03. The molecule has 90 valence electrons. The second-order valence-electron chi connectivity index (χ2n) is 5.27. The maximum atomic E-state index is 12.0. The molecule has 0 saturated heterocycles. The third kappa shape index (κ3) is 1.75. The number of aromatic carboxylic acids is 1. The van der Waals surface area contributed by atoms with Gasteiger partial charge in [0.05, 0.1) is 5.56 Å². The predicted octanol–water partition coefficient (Wildman–Crippen LogP) is 2.95. The smallest absolute Gasteiger partial charge is 0.335 e. The summed E-state index contributed by atoms with van der Waals surface area (Å²) in [6, 6.07) is 3.40. The molecule has 0 saturated carbocycles. The van der Waals surface area contributed by atoms with E-state index in [0.29, 0.717) is 17.5 Å². The molecule has 1 aromatic carbocycles.